The molecular formula is C31H43N3O3. The lowest BCUT2D eigenvalue weighted by molar-refractivity contribution is -0.144. The molecule has 0 spiro atoms. The molecule has 0 saturated heterocycles. The maximum atomic E-state index is 13.7. The molecule has 37 heavy (non-hydrogen) atoms. The van der Waals surface area contributed by atoms with Crippen molar-refractivity contribution in [2.45, 2.75) is 60.4 Å². The van der Waals surface area contributed by atoms with Gasteiger partial charge in [0.2, 0.25) is 11.8 Å². The number of amides is 2. The van der Waals surface area contributed by atoms with Crippen molar-refractivity contribution in [3.63, 3.8) is 0 Å². The Balaban J connectivity index is 1.81. The Bertz CT molecular complexity index is 1130. The van der Waals surface area contributed by atoms with E-state index in [0.717, 1.165) is 36.1 Å². The van der Waals surface area contributed by atoms with E-state index in [-0.39, 0.29) is 30.2 Å². The summed E-state index contributed by atoms with van der Waals surface area (Å²) in [5.74, 6) is 1.13. The number of aromatic nitrogens is 1. The molecular weight excluding hydrogens is 462 g/mol. The van der Waals surface area contributed by atoms with Crippen molar-refractivity contribution in [2.24, 2.45) is 11.8 Å². The summed E-state index contributed by atoms with van der Waals surface area (Å²) in [6, 6.07) is 16.1. The van der Waals surface area contributed by atoms with Crippen molar-refractivity contribution in [3.8, 4) is 5.75 Å². The second kappa shape index (κ2) is 13.9. The lowest BCUT2D eigenvalue weighted by atomic mass is 10.0. The molecule has 0 aliphatic rings. The second-order valence-electron chi connectivity index (χ2n) is 10.1. The van der Waals surface area contributed by atoms with E-state index in [1.807, 2.05) is 68.3 Å². The van der Waals surface area contributed by atoms with Crippen LogP contribution in [0, 0.1) is 11.8 Å². The number of benzene rings is 2. The number of para-hydroxylation sites is 1. The Labute approximate surface area is 222 Å². The average molecular weight is 506 g/mol. The second-order valence-corrected chi connectivity index (χ2v) is 10.1. The Morgan fingerprint density at radius 2 is 1.65 bits per heavy atom. The van der Waals surface area contributed by atoms with Crippen LogP contribution in [0.5, 0.6) is 5.75 Å². The van der Waals surface area contributed by atoms with Gasteiger partial charge in [0.25, 0.3) is 0 Å². The van der Waals surface area contributed by atoms with Crippen LogP contribution in [-0.2, 0) is 22.6 Å². The van der Waals surface area contributed by atoms with Gasteiger partial charge in [-0.2, -0.15) is 0 Å². The monoisotopic (exact) mass is 505 g/mol. The number of hydrogen-bond acceptors (Lipinski definition) is 3. The van der Waals surface area contributed by atoms with E-state index < -0.39 is 0 Å². The van der Waals surface area contributed by atoms with Crippen LogP contribution in [0.2, 0.25) is 0 Å². The number of carbonyl (C=O) groups excluding carboxylic acids is 2. The smallest absolute Gasteiger partial charge is 0.242 e. The van der Waals surface area contributed by atoms with Gasteiger partial charge in [-0.05, 0) is 61.4 Å². The van der Waals surface area contributed by atoms with Crippen molar-refractivity contribution in [2.75, 3.05) is 26.2 Å². The molecule has 0 radical (unpaired) electrons. The van der Waals surface area contributed by atoms with Crippen LogP contribution in [0.1, 0.15) is 58.6 Å². The van der Waals surface area contributed by atoms with Crippen LogP contribution >= 0.6 is 0 Å². The van der Waals surface area contributed by atoms with Crippen molar-refractivity contribution < 1.29 is 14.3 Å². The van der Waals surface area contributed by atoms with Gasteiger partial charge < -0.3 is 19.5 Å². The predicted octanol–water partition coefficient (Wildman–Crippen LogP) is 6.06. The number of nitrogens with one attached hydrogen (secondary N) is 1. The van der Waals surface area contributed by atoms with Crippen molar-refractivity contribution in [3.05, 3.63) is 65.9 Å². The summed E-state index contributed by atoms with van der Waals surface area (Å²) in [4.78, 5) is 34.0. The van der Waals surface area contributed by atoms with E-state index in [9.17, 15) is 9.59 Å². The molecule has 0 aliphatic carbocycles. The minimum absolute atomic E-state index is 0.0197. The summed E-state index contributed by atoms with van der Waals surface area (Å²) < 4.78 is 5.58. The fourth-order valence-corrected chi connectivity index (χ4v) is 4.80. The average Bonchev–Trinajstić information content (AvgIpc) is 3.30. The fourth-order valence-electron chi connectivity index (χ4n) is 4.80. The van der Waals surface area contributed by atoms with Gasteiger partial charge in [0.1, 0.15) is 5.75 Å². The lowest BCUT2D eigenvalue weighted by Gasteiger charge is -2.31. The summed E-state index contributed by atoms with van der Waals surface area (Å²) in [7, 11) is 0. The van der Waals surface area contributed by atoms with Gasteiger partial charge in [-0.3, -0.25) is 9.59 Å². The number of rotatable bonds is 14. The maximum absolute atomic E-state index is 13.7. The standard InChI is InChI=1S/C31H43N3O3/c1-6-25(7-2)31(36)34(20-23(4)5)22-30(35)33(21-24-13-15-27(16-14-24)37-8-3)18-17-26-19-32-29-12-10-9-11-28(26)29/h9-16,19,23,25,32H,6-8,17-18,20-22H2,1-5H3. The van der Waals surface area contributed by atoms with Crippen molar-refractivity contribution in [1.82, 2.24) is 14.8 Å². The molecule has 3 aromatic rings. The highest BCUT2D eigenvalue weighted by atomic mass is 16.5. The van der Waals surface area contributed by atoms with Crippen LogP contribution in [0.4, 0.5) is 0 Å². The van der Waals surface area contributed by atoms with Crippen LogP contribution in [0.15, 0.2) is 54.7 Å². The van der Waals surface area contributed by atoms with Crippen molar-refractivity contribution >= 4 is 22.7 Å². The first-order valence-corrected chi connectivity index (χ1v) is 13.7. The van der Waals surface area contributed by atoms with E-state index in [0.29, 0.717) is 26.2 Å². The first kappa shape index (κ1) is 28.3. The number of H-pyrrole nitrogens is 1. The van der Waals surface area contributed by atoms with Gasteiger partial charge in [-0.15, -0.1) is 0 Å². The largest absolute Gasteiger partial charge is 0.494 e. The molecule has 2 aromatic carbocycles. The van der Waals surface area contributed by atoms with E-state index in [1.54, 1.807) is 4.90 Å². The first-order chi connectivity index (χ1) is 17.9. The summed E-state index contributed by atoms with van der Waals surface area (Å²) in [6.45, 7) is 12.6. The lowest BCUT2D eigenvalue weighted by Crippen LogP contribution is -2.46. The van der Waals surface area contributed by atoms with E-state index in [1.165, 1.54) is 10.9 Å². The Kier molecular flexibility index (Phi) is 10.6. The maximum Gasteiger partial charge on any atom is 0.242 e. The van der Waals surface area contributed by atoms with Gasteiger partial charge in [-0.1, -0.05) is 58.0 Å². The van der Waals surface area contributed by atoms with Gasteiger partial charge in [0.15, 0.2) is 0 Å². The highest BCUT2D eigenvalue weighted by Crippen LogP contribution is 2.20. The fraction of sp³-hybridized carbons (Fsp3) is 0.484. The van der Waals surface area contributed by atoms with Gasteiger partial charge in [0.05, 0.1) is 13.2 Å². The highest BCUT2D eigenvalue weighted by molar-refractivity contribution is 5.86. The number of aromatic amines is 1. The van der Waals surface area contributed by atoms with Crippen LogP contribution < -0.4 is 4.74 Å². The first-order valence-electron chi connectivity index (χ1n) is 13.7. The molecule has 3 rings (SSSR count). The topological polar surface area (TPSA) is 65.6 Å². The molecule has 0 aliphatic heterocycles. The number of ether oxygens (including phenoxy) is 1. The van der Waals surface area contributed by atoms with Crippen LogP contribution in [0.3, 0.4) is 0 Å². The normalized spacial score (nSPS) is 11.3. The van der Waals surface area contributed by atoms with Gasteiger partial charge >= 0.3 is 0 Å². The zero-order valence-corrected chi connectivity index (χ0v) is 23.1. The summed E-state index contributed by atoms with van der Waals surface area (Å²) in [6.07, 6.45) is 4.34. The number of hydrogen-bond donors (Lipinski definition) is 1. The zero-order valence-electron chi connectivity index (χ0n) is 23.1. The van der Waals surface area contributed by atoms with Crippen LogP contribution in [0.25, 0.3) is 10.9 Å². The van der Waals surface area contributed by atoms with Gasteiger partial charge in [0, 0.05) is 42.7 Å². The summed E-state index contributed by atoms with van der Waals surface area (Å²) in [5.41, 5.74) is 3.32. The highest BCUT2D eigenvalue weighted by Gasteiger charge is 2.26. The third-order valence-electron chi connectivity index (χ3n) is 6.84. The SMILES string of the molecule is CCOc1ccc(CN(CCc2c[nH]c3ccccc23)C(=O)CN(CC(C)C)C(=O)C(CC)CC)cc1. The molecule has 0 bridgehead atoms. The quantitative estimate of drug-likeness (QED) is 0.290. The third-order valence-corrected chi connectivity index (χ3v) is 6.84. The van der Waals surface area contributed by atoms with E-state index >= 15 is 0 Å². The van der Waals surface area contributed by atoms with Crippen molar-refractivity contribution in [1.29, 1.82) is 0 Å². The number of nitrogens with zero attached hydrogens (tertiary/aromatic N) is 2. The molecule has 0 saturated carbocycles. The Hall–Kier alpha value is -3.28. The zero-order chi connectivity index (χ0) is 26.8. The minimum atomic E-state index is -0.0441. The molecule has 6 heteroatoms. The summed E-state index contributed by atoms with van der Waals surface area (Å²) >= 11 is 0. The van der Waals surface area contributed by atoms with E-state index in [2.05, 4.69) is 31.0 Å². The molecule has 0 atom stereocenters. The molecule has 1 heterocycles. The summed E-state index contributed by atoms with van der Waals surface area (Å²) in [5, 5.41) is 1.18. The molecule has 200 valence electrons. The minimum Gasteiger partial charge on any atom is -0.494 e. The van der Waals surface area contributed by atoms with Gasteiger partial charge in [-0.25, -0.2) is 0 Å². The number of fused-ring (bicyclic) bond motifs is 1. The molecule has 2 amide bonds. The molecule has 6 nitrogen and oxygen atoms in total. The Morgan fingerprint density at radius 1 is 0.946 bits per heavy atom. The van der Waals surface area contributed by atoms with Crippen LogP contribution in [-0.4, -0.2) is 52.8 Å². The van der Waals surface area contributed by atoms with E-state index in [4.69, 9.17) is 4.74 Å². The molecule has 0 unspecified atom stereocenters. The molecule has 1 N–H and O–H groups in total. The number of carbonyl (C=O) groups is 2. The third kappa shape index (κ3) is 7.85. The molecule has 0 fully saturated rings. The Morgan fingerprint density at radius 3 is 2.30 bits per heavy atom. The molecule has 1 aromatic heterocycles. The predicted molar refractivity (Wildman–Crippen MR) is 151 cm³/mol.